The summed E-state index contributed by atoms with van der Waals surface area (Å²) >= 11 is 2.08. The highest BCUT2D eigenvalue weighted by Gasteiger charge is 2.21. The molecule has 0 saturated carbocycles. The Morgan fingerprint density at radius 1 is 1.45 bits per heavy atom. The van der Waals surface area contributed by atoms with Crippen molar-refractivity contribution in [2.24, 2.45) is 4.99 Å². The van der Waals surface area contributed by atoms with Crippen molar-refractivity contribution in [3.63, 3.8) is 0 Å². The summed E-state index contributed by atoms with van der Waals surface area (Å²) in [5.74, 6) is 3.11. The maximum absolute atomic E-state index is 5.55. The molecule has 2 rings (SSSR count). The van der Waals surface area contributed by atoms with Crippen molar-refractivity contribution in [1.82, 2.24) is 10.2 Å². The molecule has 1 aromatic carbocycles. The van der Waals surface area contributed by atoms with Gasteiger partial charge in [0, 0.05) is 37.7 Å². The SMILES string of the molecule is CCOc1cccc(CNC(=NC)N2CCSC(CC)C2)c1. The topological polar surface area (TPSA) is 36.9 Å². The number of ether oxygens (including phenoxy) is 1. The van der Waals surface area contributed by atoms with Gasteiger partial charge < -0.3 is 15.0 Å². The molecule has 122 valence electrons. The molecule has 1 aliphatic rings. The van der Waals surface area contributed by atoms with Crippen LogP contribution >= 0.6 is 11.8 Å². The van der Waals surface area contributed by atoms with Crippen LogP contribution in [-0.2, 0) is 6.54 Å². The first-order valence-corrected chi connectivity index (χ1v) is 9.10. The van der Waals surface area contributed by atoms with Gasteiger partial charge in [0.15, 0.2) is 5.96 Å². The third-order valence-electron chi connectivity index (χ3n) is 3.77. The van der Waals surface area contributed by atoms with Crippen molar-refractivity contribution in [2.45, 2.75) is 32.1 Å². The smallest absolute Gasteiger partial charge is 0.193 e. The number of hydrogen-bond donors (Lipinski definition) is 1. The van der Waals surface area contributed by atoms with Gasteiger partial charge in [0.25, 0.3) is 0 Å². The predicted molar refractivity (Wildman–Crippen MR) is 95.9 cm³/mol. The zero-order chi connectivity index (χ0) is 15.8. The molecule has 0 aromatic heterocycles. The average molecular weight is 321 g/mol. The lowest BCUT2D eigenvalue weighted by molar-refractivity contribution is 0.340. The fraction of sp³-hybridized carbons (Fsp3) is 0.588. The number of nitrogens with zero attached hydrogens (tertiary/aromatic N) is 2. The van der Waals surface area contributed by atoms with E-state index >= 15 is 0 Å². The molecule has 22 heavy (non-hydrogen) atoms. The fourth-order valence-corrected chi connectivity index (χ4v) is 3.76. The van der Waals surface area contributed by atoms with Crippen LogP contribution in [0.25, 0.3) is 0 Å². The Bertz CT molecular complexity index is 493. The zero-order valence-corrected chi connectivity index (χ0v) is 14.7. The van der Waals surface area contributed by atoms with E-state index in [0.29, 0.717) is 11.9 Å². The summed E-state index contributed by atoms with van der Waals surface area (Å²) in [4.78, 5) is 6.82. The minimum Gasteiger partial charge on any atom is -0.494 e. The van der Waals surface area contributed by atoms with Gasteiger partial charge >= 0.3 is 0 Å². The van der Waals surface area contributed by atoms with Crippen molar-refractivity contribution in [1.29, 1.82) is 0 Å². The Balaban J connectivity index is 1.92. The summed E-state index contributed by atoms with van der Waals surface area (Å²) in [6.45, 7) is 7.89. The van der Waals surface area contributed by atoms with E-state index in [9.17, 15) is 0 Å². The quantitative estimate of drug-likeness (QED) is 0.668. The minimum atomic E-state index is 0.697. The Morgan fingerprint density at radius 3 is 3.05 bits per heavy atom. The van der Waals surface area contributed by atoms with Crippen molar-refractivity contribution >= 4 is 17.7 Å². The zero-order valence-electron chi connectivity index (χ0n) is 13.8. The molecule has 0 bridgehead atoms. The number of hydrogen-bond acceptors (Lipinski definition) is 3. The van der Waals surface area contributed by atoms with Crippen LogP contribution in [0.2, 0.25) is 0 Å². The molecular formula is C17H27N3OS. The van der Waals surface area contributed by atoms with Crippen LogP contribution < -0.4 is 10.1 Å². The first-order chi connectivity index (χ1) is 10.8. The van der Waals surface area contributed by atoms with Crippen molar-refractivity contribution in [3.05, 3.63) is 29.8 Å². The Labute approximate surface area is 138 Å². The highest BCUT2D eigenvalue weighted by atomic mass is 32.2. The summed E-state index contributed by atoms with van der Waals surface area (Å²) in [5.41, 5.74) is 1.21. The van der Waals surface area contributed by atoms with Crippen LogP contribution in [0.3, 0.4) is 0 Å². The van der Waals surface area contributed by atoms with Crippen LogP contribution in [0, 0.1) is 0 Å². The first-order valence-electron chi connectivity index (χ1n) is 8.05. The molecule has 1 unspecified atom stereocenters. The molecular weight excluding hydrogens is 294 g/mol. The summed E-state index contributed by atoms with van der Waals surface area (Å²) in [5, 5.41) is 4.20. The molecule has 1 heterocycles. The molecule has 0 amide bonds. The molecule has 1 aliphatic heterocycles. The molecule has 4 nitrogen and oxygen atoms in total. The number of thioether (sulfide) groups is 1. The third-order valence-corrected chi connectivity index (χ3v) is 5.14. The lowest BCUT2D eigenvalue weighted by Gasteiger charge is -2.34. The molecule has 1 N–H and O–H groups in total. The monoisotopic (exact) mass is 321 g/mol. The van der Waals surface area contributed by atoms with Crippen LogP contribution in [-0.4, -0.2) is 48.6 Å². The van der Waals surface area contributed by atoms with E-state index < -0.39 is 0 Å². The van der Waals surface area contributed by atoms with Crippen LogP contribution in [0.15, 0.2) is 29.3 Å². The predicted octanol–water partition coefficient (Wildman–Crippen LogP) is 2.99. The van der Waals surface area contributed by atoms with E-state index in [1.165, 1.54) is 17.7 Å². The van der Waals surface area contributed by atoms with E-state index in [1.54, 1.807) is 0 Å². The Hall–Kier alpha value is -1.36. The van der Waals surface area contributed by atoms with E-state index in [0.717, 1.165) is 31.3 Å². The van der Waals surface area contributed by atoms with Gasteiger partial charge in [0.05, 0.1) is 6.61 Å². The second kappa shape index (κ2) is 8.93. The van der Waals surface area contributed by atoms with Crippen LogP contribution in [0.1, 0.15) is 25.8 Å². The van der Waals surface area contributed by atoms with Crippen LogP contribution in [0.4, 0.5) is 0 Å². The summed E-state index contributed by atoms with van der Waals surface area (Å²) in [7, 11) is 1.86. The number of rotatable bonds is 5. The van der Waals surface area contributed by atoms with Gasteiger partial charge in [-0.3, -0.25) is 4.99 Å². The number of benzene rings is 1. The van der Waals surface area contributed by atoms with Crippen molar-refractivity contribution in [2.75, 3.05) is 32.5 Å². The van der Waals surface area contributed by atoms with Gasteiger partial charge in [-0.05, 0) is 31.0 Å². The van der Waals surface area contributed by atoms with E-state index in [4.69, 9.17) is 4.74 Å². The highest BCUT2D eigenvalue weighted by Crippen LogP contribution is 2.21. The maximum Gasteiger partial charge on any atom is 0.193 e. The fourth-order valence-electron chi connectivity index (χ4n) is 2.58. The van der Waals surface area contributed by atoms with Gasteiger partial charge in [-0.1, -0.05) is 19.1 Å². The molecule has 0 radical (unpaired) electrons. The Kier molecular flexibility index (Phi) is 6.90. The highest BCUT2D eigenvalue weighted by molar-refractivity contribution is 8.00. The molecule has 0 aliphatic carbocycles. The van der Waals surface area contributed by atoms with E-state index in [-0.39, 0.29) is 0 Å². The second-order valence-corrected chi connectivity index (χ2v) is 6.74. The largest absolute Gasteiger partial charge is 0.494 e. The standard InChI is InChI=1S/C17H27N3OS/c1-4-16-13-20(9-10-22-16)17(18-3)19-12-14-7-6-8-15(11-14)21-5-2/h6-8,11,16H,4-5,9-10,12-13H2,1-3H3,(H,18,19). The summed E-state index contributed by atoms with van der Waals surface area (Å²) in [6.07, 6.45) is 1.22. The first kappa shape index (κ1) is 17.0. The summed E-state index contributed by atoms with van der Waals surface area (Å²) in [6, 6.07) is 8.24. The van der Waals surface area contributed by atoms with Crippen LogP contribution in [0.5, 0.6) is 5.75 Å². The van der Waals surface area contributed by atoms with Gasteiger partial charge in [0.2, 0.25) is 0 Å². The van der Waals surface area contributed by atoms with Gasteiger partial charge in [-0.25, -0.2) is 0 Å². The molecule has 1 atom stereocenters. The van der Waals surface area contributed by atoms with Crippen molar-refractivity contribution < 1.29 is 4.74 Å². The Morgan fingerprint density at radius 2 is 2.32 bits per heavy atom. The second-order valence-electron chi connectivity index (χ2n) is 5.33. The molecule has 1 saturated heterocycles. The lowest BCUT2D eigenvalue weighted by Crippen LogP contribution is -2.47. The summed E-state index contributed by atoms with van der Waals surface area (Å²) < 4.78 is 5.55. The third kappa shape index (κ3) is 4.83. The normalized spacial score (nSPS) is 19.1. The molecule has 1 aromatic rings. The minimum absolute atomic E-state index is 0.697. The van der Waals surface area contributed by atoms with Gasteiger partial charge in [-0.2, -0.15) is 11.8 Å². The van der Waals surface area contributed by atoms with Gasteiger partial charge in [-0.15, -0.1) is 0 Å². The van der Waals surface area contributed by atoms with E-state index in [1.807, 2.05) is 26.1 Å². The molecule has 1 fully saturated rings. The maximum atomic E-state index is 5.55. The number of aliphatic imine (C=N–C) groups is 1. The average Bonchev–Trinajstić information content (AvgIpc) is 2.56. The van der Waals surface area contributed by atoms with Crippen molar-refractivity contribution in [3.8, 4) is 5.75 Å². The number of nitrogens with one attached hydrogen (secondary N) is 1. The van der Waals surface area contributed by atoms with E-state index in [2.05, 4.69) is 46.0 Å². The van der Waals surface area contributed by atoms with Gasteiger partial charge in [0.1, 0.15) is 5.75 Å². The molecule has 0 spiro atoms. The lowest BCUT2D eigenvalue weighted by atomic mass is 10.2. The molecule has 5 heteroatoms. The number of guanidine groups is 1.